The monoisotopic (exact) mass is 315 g/mol. The predicted octanol–water partition coefficient (Wildman–Crippen LogP) is 0.899. The summed E-state index contributed by atoms with van der Waals surface area (Å²) < 4.78 is 0. The lowest BCUT2D eigenvalue weighted by molar-refractivity contribution is -0.139. The number of nitrogens with two attached hydrogens (primary N) is 1. The van der Waals surface area contributed by atoms with Crippen molar-refractivity contribution in [1.29, 1.82) is 0 Å². The number of likely N-dealkylation sites (tertiary alicyclic amines) is 2. The van der Waals surface area contributed by atoms with Crippen molar-refractivity contribution < 1.29 is 14.4 Å². The highest BCUT2D eigenvalue weighted by atomic mass is 16.2. The molecule has 0 saturated carbocycles. The Hall–Kier alpha value is -2.21. The second kappa shape index (κ2) is 6.50. The molecule has 1 atom stereocenters. The van der Waals surface area contributed by atoms with Crippen LogP contribution in [-0.2, 0) is 16.1 Å². The number of carbonyl (C=O) groups is 3. The summed E-state index contributed by atoms with van der Waals surface area (Å²) in [6.45, 7) is 1.52. The van der Waals surface area contributed by atoms with Crippen molar-refractivity contribution in [3.8, 4) is 0 Å². The largest absolute Gasteiger partial charge is 0.334 e. The fourth-order valence-electron chi connectivity index (χ4n) is 3.25. The summed E-state index contributed by atoms with van der Waals surface area (Å²) in [5.74, 6) is -0.256. The van der Waals surface area contributed by atoms with E-state index >= 15 is 0 Å². The number of hydrogen-bond donors (Lipinski definition) is 1. The molecule has 2 heterocycles. The van der Waals surface area contributed by atoms with Gasteiger partial charge in [0.2, 0.25) is 11.8 Å². The Morgan fingerprint density at radius 1 is 1.13 bits per heavy atom. The maximum absolute atomic E-state index is 12.5. The summed E-state index contributed by atoms with van der Waals surface area (Å²) in [6.07, 6.45) is 2.54. The van der Waals surface area contributed by atoms with E-state index in [9.17, 15) is 14.4 Å². The number of rotatable bonds is 4. The molecule has 0 bridgehead atoms. The molecule has 3 amide bonds. The standard InChI is InChI=1S/C17H21N3O3/c18-10-14-2-1-9-19(14)17(23)13-5-3-12(4-6-13)11-20-15(21)7-8-16(20)22/h3-6,14H,1-2,7-11,18H2. The van der Waals surface area contributed by atoms with Crippen LogP contribution in [0.1, 0.15) is 41.6 Å². The Morgan fingerprint density at radius 3 is 2.39 bits per heavy atom. The van der Waals surface area contributed by atoms with E-state index in [1.807, 2.05) is 4.90 Å². The van der Waals surface area contributed by atoms with Gasteiger partial charge in [0.15, 0.2) is 0 Å². The van der Waals surface area contributed by atoms with E-state index in [2.05, 4.69) is 0 Å². The van der Waals surface area contributed by atoms with E-state index in [4.69, 9.17) is 5.73 Å². The Kier molecular flexibility index (Phi) is 4.43. The highest BCUT2D eigenvalue weighted by Crippen LogP contribution is 2.20. The molecule has 0 radical (unpaired) electrons. The quantitative estimate of drug-likeness (QED) is 0.837. The van der Waals surface area contributed by atoms with Crippen molar-refractivity contribution in [3.63, 3.8) is 0 Å². The van der Waals surface area contributed by atoms with Crippen molar-refractivity contribution in [1.82, 2.24) is 9.80 Å². The molecular formula is C17H21N3O3. The second-order valence-electron chi connectivity index (χ2n) is 6.10. The molecule has 2 fully saturated rings. The summed E-state index contributed by atoms with van der Waals surface area (Å²) >= 11 is 0. The first-order chi connectivity index (χ1) is 11.1. The van der Waals surface area contributed by atoms with Gasteiger partial charge in [-0.2, -0.15) is 0 Å². The van der Waals surface area contributed by atoms with Crippen LogP contribution in [0.3, 0.4) is 0 Å². The molecule has 3 rings (SSSR count). The number of amides is 3. The van der Waals surface area contributed by atoms with Crippen LogP contribution in [0.2, 0.25) is 0 Å². The zero-order chi connectivity index (χ0) is 16.4. The van der Waals surface area contributed by atoms with Crippen molar-refractivity contribution >= 4 is 17.7 Å². The minimum absolute atomic E-state index is 0.00201. The molecule has 1 unspecified atom stereocenters. The smallest absolute Gasteiger partial charge is 0.254 e. The van der Waals surface area contributed by atoms with Gasteiger partial charge in [-0.1, -0.05) is 12.1 Å². The number of carbonyl (C=O) groups excluding carboxylic acids is 3. The third-order valence-corrected chi connectivity index (χ3v) is 4.61. The van der Waals surface area contributed by atoms with Gasteiger partial charge < -0.3 is 10.6 Å². The fraction of sp³-hybridized carbons (Fsp3) is 0.471. The van der Waals surface area contributed by atoms with Crippen LogP contribution in [0.4, 0.5) is 0 Å². The molecule has 6 nitrogen and oxygen atoms in total. The van der Waals surface area contributed by atoms with E-state index in [1.165, 1.54) is 4.90 Å². The molecule has 23 heavy (non-hydrogen) atoms. The first-order valence-electron chi connectivity index (χ1n) is 8.03. The summed E-state index contributed by atoms with van der Waals surface area (Å²) in [4.78, 5) is 38.9. The van der Waals surface area contributed by atoms with Gasteiger partial charge in [0, 0.05) is 37.5 Å². The van der Waals surface area contributed by atoms with Gasteiger partial charge >= 0.3 is 0 Å². The van der Waals surface area contributed by atoms with E-state index < -0.39 is 0 Å². The molecular weight excluding hydrogens is 294 g/mol. The molecule has 2 aliphatic rings. The zero-order valence-corrected chi connectivity index (χ0v) is 13.0. The molecule has 0 aliphatic carbocycles. The van der Waals surface area contributed by atoms with Crippen LogP contribution in [0, 0.1) is 0 Å². The molecule has 6 heteroatoms. The maximum atomic E-state index is 12.5. The third-order valence-electron chi connectivity index (χ3n) is 4.61. The number of benzene rings is 1. The Morgan fingerprint density at radius 2 is 1.78 bits per heavy atom. The van der Waals surface area contributed by atoms with E-state index in [0.717, 1.165) is 24.9 Å². The van der Waals surface area contributed by atoms with Crippen LogP contribution < -0.4 is 5.73 Å². The second-order valence-corrected chi connectivity index (χ2v) is 6.10. The van der Waals surface area contributed by atoms with Crippen molar-refractivity contribution in [2.45, 2.75) is 38.3 Å². The third kappa shape index (κ3) is 3.12. The first-order valence-corrected chi connectivity index (χ1v) is 8.03. The van der Waals surface area contributed by atoms with Crippen LogP contribution in [-0.4, -0.2) is 46.7 Å². The lowest BCUT2D eigenvalue weighted by Gasteiger charge is -2.23. The van der Waals surface area contributed by atoms with Crippen molar-refractivity contribution in [2.24, 2.45) is 5.73 Å². The molecule has 1 aromatic rings. The molecule has 1 aromatic carbocycles. The van der Waals surface area contributed by atoms with E-state index in [-0.39, 0.29) is 30.3 Å². The minimum Gasteiger partial charge on any atom is -0.334 e. The summed E-state index contributed by atoms with van der Waals surface area (Å²) in [7, 11) is 0. The topological polar surface area (TPSA) is 83.7 Å². The molecule has 2 saturated heterocycles. The average molecular weight is 315 g/mol. The van der Waals surface area contributed by atoms with Gasteiger partial charge in [0.05, 0.1) is 6.54 Å². The van der Waals surface area contributed by atoms with Gasteiger partial charge in [-0.3, -0.25) is 19.3 Å². The Bertz CT molecular complexity index is 610. The van der Waals surface area contributed by atoms with E-state index in [1.54, 1.807) is 24.3 Å². The Balaban J connectivity index is 1.68. The zero-order valence-electron chi connectivity index (χ0n) is 13.0. The fourth-order valence-corrected chi connectivity index (χ4v) is 3.25. The lowest BCUT2D eigenvalue weighted by atomic mass is 10.1. The van der Waals surface area contributed by atoms with Crippen molar-refractivity contribution in [2.75, 3.05) is 13.1 Å². The average Bonchev–Trinajstić information content (AvgIpc) is 3.16. The van der Waals surface area contributed by atoms with E-state index in [0.29, 0.717) is 24.9 Å². The summed E-state index contributed by atoms with van der Waals surface area (Å²) in [5, 5.41) is 0. The number of hydrogen-bond acceptors (Lipinski definition) is 4. The minimum atomic E-state index is -0.127. The number of nitrogens with zero attached hydrogens (tertiary/aromatic N) is 2. The van der Waals surface area contributed by atoms with Gasteiger partial charge in [0.25, 0.3) is 5.91 Å². The summed E-state index contributed by atoms with van der Waals surface area (Å²) in [6, 6.07) is 7.25. The normalized spacial score (nSPS) is 21.3. The molecule has 122 valence electrons. The van der Waals surface area contributed by atoms with Crippen molar-refractivity contribution in [3.05, 3.63) is 35.4 Å². The summed E-state index contributed by atoms with van der Waals surface area (Å²) in [5.41, 5.74) is 7.19. The van der Waals surface area contributed by atoms with Gasteiger partial charge in [-0.25, -0.2) is 0 Å². The van der Waals surface area contributed by atoms with Crippen LogP contribution in [0.5, 0.6) is 0 Å². The molecule has 0 spiro atoms. The SMILES string of the molecule is NCC1CCCN1C(=O)c1ccc(CN2C(=O)CCC2=O)cc1. The maximum Gasteiger partial charge on any atom is 0.254 e. The number of imide groups is 1. The Labute approximate surface area is 135 Å². The van der Waals surface area contributed by atoms with Crippen LogP contribution >= 0.6 is 0 Å². The van der Waals surface area contributed by atoms with Crippen LogP contribution in [0.25, 0.3) is 0 Å². The lowest BCUT2D eigenvalue weighted by Crippen LogP contribution is -2.39. The predicted molar refractivity (Wildman–Crippen MR) is 84.3 cm³/mol. The van der Waals surface area contributed by atoms with Gasteiger partial charge in [-0.15, -0.1) is 0 Å². The highest BCUT2D eigenvalue weighted by Gasteiger charge is 2.30. The van der Waals surface area contributed by atoms with Crippen LogP contribution in [0.15, 0.2) is 24.3 Å². The van der Waals surface area contributed by atoms with Gasteiger partial charge in [0.1, 0.15) is 0 Å². The molecule has 2 aliphatic heterocycles. The molecule has 0 aromatic heterocycles. The molecule has 2 N–H and O–H groups in total. The first kappa shape index (κ1) is 15.7. The van der Waals surface area contributed by atoms with Gasteiger partial charge in [-0.05, 0) is 30.5 Å². The highest BCUT2D eigenvalue weighted by molar-refractivity contribution is 6.01.